The molecule has 0 saturated heterocycles. The first-order chi connectivity index (χ1) is 9.61. The van der Waals surface area contributed by atoms with Crippen LogP contribution in [0.2, 0.25) is 0 Å². The van der Waals surface area contributed by atoms with Crippen molar-refractivity contribution in [1.29, 1.82) is 0 Å². The Morgan fingerprint density at radius 2 is 2.15 bits per heavy atom. The van der Waals surface area contributed by atoms with Crippen molar-refractivity contribution in [2.45, 2.75) is 20.4 Å². The molecule has 1 heterocycles. The standard InChI is InChI=1S/C14H19FN4O/c1-10-17-11(2)19(18-10)14-5-4-12(8-13(14)15)9-16-6-7-20-3/h4-5,8,16H,6-7,9H2,1-3H3. The van der Waals surface area contributed by atoms with E-state index < -0.39 is 0 Å². The first-order valence-electron chi connectivity index (χ1n) is 6.50. The van der Waals surface area contributed by atoms with Gasteiger partial charge in [0.15, 0.2) is 0 Å². The largest absolute Gasteiger partial charge is 0.383 e. The second-order valence-corrected chi connectivity index (χ2v) is 4.57. The van der Waals surface area contributed by atoms with E-state index in [9.17, 15) is 4.39 Å². The van der Waals surface area contributed by atoms with Crippen LogP contribution < -0.4 is 5.32 Å². The van der Waals surface area contributed by atoms with Crippen molar-refractivity contribution < 1.29 is 9.13 Å². The van der Waals surface area contributed by atoms with Crippen LogP contribution in [0, 0.1) is 19.7 Å². The molecule has 2 aromatic rings. The summed E-state index contributed by atoms with van der Waals surface area (Å²) in [7, 11) is 1.65. The topological polar surface area (TPSA) is 52.0 Å². The number of hydrogen-bond acceptors (Lipinski definition) is 4. The number of aromatic nitrogens is 3. The van der Waals surface area contributed by atoms with Gasteiger partial charge < -0.3 is 10.1 Å². The summed E-state index contributed by atoms with van der Waals surface area (Å²) in [5.74, 6) is 1.00. The summed E-state index contributed by atoms with van der Waals surface area (Å²) in [6.07, 6.45) is 0. The molecular weight excluding hydrogens is 259 g/mol. The molecule has 6 heteroatoms. The van der Waals surface area contributed by atoms with E-state index in [1.165, 1.54) is 10.7 Å². The van der Waals surface area contributed by atoms with E-state index in [4.69, 9.17) is 4.74 Å². The quantitative estimate of drug-likeness (QED) is 0.818. The third kappa shape index (κ3) is 3.40. The number of methoxy groups -OCH3 is 1. The molecule has 0 bridgehead atoms. The van der Waals surface area contributed by atoms with Crippen molar-refractivity contribution >= 4 is 0 Å². The van der Waals surface area contributed by atoms with Gasteiger partial charge in [-0.1, -0.05) is 6.07 Å². The fraction of sp³-hybridized carbons (Fsp3) is 0.429. The van der Waals surface area contributed by atoms with E-state index in [-0.39, 0.29) is 5.82 Å². The average Bonchev–Trinajstić information content (AvgIpc) is 2.74. The van der Waals surface area contributed by atoms with E-state index in [1.807, 2.05) is 6.07 Å². The maximum Gasteiger partial charge on any atom is 0.149 e. The lowest BCUT2D eigenvalue weighted by Crippen LogP contribution is -2.18. The molecule has 0 saturated carbocycles. The number of hydrogen-bond donors (Lipinski definition) is 1. The molecular formula is C14H19FN4O. The third-order valence-corrected chi connectivity index (χ3v) is 2.93. The highest BCUT2D eigenvalue weighted by Crippen LogP contribution is 2.16. The molecule has 0 radical (unpaired) electrons. The average molecular weight is 278 g/mol. The second-order valence-electron chi connectivity index (χ2n) is 4.57. The summed E-state index contributed by atoms with van der Waals surface area (Å²) < 4.78 is 20.6. The van der Waals surface area contributed by atoms with Gasteiger partial charge >= 0.3 is 0 Å². The summed E-state index contributed by atoms with van der Waals surface area (Å²) >= 11 is 0. The third-order valence-electron chi connectivity index (χ3n) is 2.93. The first kappa shape index (κ1) is 14.6. The van der Waals surface area contributed by atoms with Gasteiger partial charge in [-0.05, 0) is 31.5 Å². The number of halogens is 1. The van der Waals surface area contributed by atoms with E-state index in [0.29, 0.717) is 30.5 Å². The highest BCUT2D eigenvalue weighted by atomic mass is 19.1. The minimum Gasteiger partial charge on any atom is -0.383 e. The van der Waals surface area contributed by atoms with Gasteiger partial charge in [-0.25, -0.2) is 14.1 Å². The SMILES string of the molecule is COCCNCc1ccc(-n2nc(C)nc2C)c(F)c1. The van der Waals surface area contributed by atoms with Gasteiger partial charge in [0.1, 0.15) is 23.2 Å². The molecule has 0 amide bonds. The summed E-state index contributed by atoms with van der Waals surface area (Å²) in [4.78, 5) is 4.18. The Morgan fingerprint density at radius 1 is 1.35 bits per heavy atom. The van der Waals surface area contributed by atoms with Crippen LogP contribution in [0.5, 0.6) is 0 Å². The van der Waals surface area contributed by atoms with Crippen LogP contribution in [-0.2, 0) is 11.3 Å². The van der Waals surface area contributed by atoms with Crippen molar-refractivity contribution in [2.24, 2.45) is 0 Å². The Bertz CT molecular complexity index is 583. The maximum atomic E-state index is 14.2. The van der Waals surface area contributed by atoms with Crippen LogP contribution in [0.1, 0.15) is 17.2 Å². The molecule has 0 atom stereocenters. The summed E-state index contributed by atoms with van der Waals surface area (Å²) in [5.41, 5.74) is 1.31. The minimum atomic E-state index is -0.302. The van der Waals surface area contributed by atoms with Crippen molar-refractivity contribution in [3.63, 3.8) is 0 Å². The lowest BCUT2D eigenvalue weighted by Gasteiger charge is -2.08. The van der Waals surface area contributed by atoms with Gasteiger partial charge in [0.2, 0.25) is 0 Å². The summed E-state index contributed by atoms with van der Waals surface area (Å²) in [5, 5.41) is 7.37. The highest BCUT2D eigenvalue weighted by molar-refractivity contribution is 5.36. The Morgan fingerprint density at radius 3 is 2.75 bits per heavy atom. The Hall–Kier alpha value is -1.79. The molecule has 0 aliphatic heterocycles. The van der Waals surface area contributed by atoms with E-state index >= 15 is 0 Å². The van der Waals surface area contributed by atoms with E-state index in [2.05, 4.69) is 15.4 Å². The molecule has 1 aromatic heterocycles. The summed E-state index contributed by atoms with van der Waals surface area (Å²) in [6.45, 7) is 5.57. The lowest BCUT2D eigenvalue weighted by molar-refractivity contribution is 0.199. The molecule has 20 heavy (non-hydrogen) atoms. The number of ether oxygens (including phenoxy) is 1. The van der Waals surface area contributed by atoms with Gasteiger partial charge in [-0.2, -0.15) is 5.10 Å². The Kier molecular flexibility index (Phi) is 4.81. The van der Waals surface area contributed by atoms with Gasteiger partial charge in [0, 0.05) is 20.2 Å². The minimum absolute atomic E-state index is 0.302. The zero-order valence-electron chi connectivity index (χ0n) is 12.0. The highest BCUT2D eigenvalue weighted by Gasteiger charge is 2.10. The molecule has 0 spiro atoms. The molecule has 108 valence electrons. The normalized spacial score (nSPS) is 11.0. The van der Waals surface area contributed by atoms with Crippen molar-refractivity contribution in [2.75, 3.05) is 20.3 Å². The molecule has 1 aromatic carbocycles. The van der Waals surface area contributed by atoms with Crippen molar-refractivity contribution in [3.8, 4) is 5.69 Å². The summed E-state index contributed by atoms with van der Waals surface area (Å²) in [6, 6.07) is 5.13. The van der Waals surface area contributed by atoms with Crippen LogP contribution in [0.4, 0.5) is 4.39 Å². The van der Waals surface area contributed by atoms with Crippen LogP contribution in [0.15, 0.2) is 18.2 Å². The smallest absolute Gasteiger partial charge is 0.149 e. The van der Waals surface area contributed by atoms with Gasteiger partial charge in [0.25, 0.3) is 0 Å². The molecule has 0 fully saturated rings. The van der Waals surface area contributed by atoms with Crippen LogP contribution >= 0.6 is 0 Å². The number of rotatable bonds is 6. The van der Waals surface area contributed by atoms with Crippen molar-refractivity contribution in [3.05, 3.63) is 41.2 Å². The monoisotopic (exact) mass is 278 g/mol. The molecule has 0 aliphatic rings. The first-order valence-corrected chi connectivity index (χ1v) is 6.50. The van der Waals surface area contributed by atoms with Gasteiger partial charge in [-0.15, -0.1) is 0 Å². The zero-order chi connectivity index (χ0) is 14.5. The zero-order valence-corrected chi connectivity index (χ0v) is 12.0. The fourth-order valence-corrected chi connectivity index (χ4v) is 1.99. The fourth-order valence-electron chi connectivity index (χ4n) is 1.99. The van der Waals surface area contributed by atoms with Gasteiger partial charge in [0.05, 0.1) is 6.61 Å². The van der Waals surface area contributed by atoms with Crippen LogP contribution in [-0.4, -0.2) is 35.0 Å². The maximum absolute atomic E-state index is 14.2. The number of nitrogens with zero attached hydrogens (tertiary/aromatic N) is 3. The molecule has 0 aliphatic carbocycles. The predicted molar refractivity (Wildman–Crippen MR) is 74.4 cm³/mol. The molecule has 2 rings (SSSR count). The molecule has 0 unspecified atom stereocenters. The lowest BCUT2D eigenvalue weighted by atomic mass is 10.2. The van der Waals surface area contributed by atoms with Crippen LogP contribution in [0.3, 0.4) is 0 Å². The van der Waals surface area contributed by atoms with Crippen molar-refractivity contribution in [1.82, 2.24) is 20.1 Å². The molecule has 5 nitrogen and oxygen atoms in total. The number of benzene rings is 1. The van der Waals surface area contributed by atoms with Gasteiger partial charge in [-0.3, -0.25) is 0 Å². The van der Waals surface area contributed by atoms with E-state index in [1.54, 1.807) is 27.0 Å². The molecule has 1 N–H and O–H groups in total. The van der Waals surface area contributed by atoms with E-state index in [0.717, 1.165) is 12.1 Å². The predicted octanol–water partition coefficient (Wildman–Crippen LogP) is 1.76. The second kappa shape index (κ2) is 6.58. The Balaban J connectivity index is 2.12. The number of aryl methyl sites for hydroxylation is 2. The Labute approximate surface area is 117 Å². The van der Waals surface area contributed by atoms with Crippen LogP contribution in [0.25, 0.3) is 5.69 Å². The number of nitrogens with one attached hydrogen (secondary N) is 1.